The van der Waals surface area contributed by atoms with E-state index in [0.717, 1.165) is 35.4 Å². The van der Waals surface area contributed by atoms with E-state index in [9.17, 15) is 4.79 Å². The van der Waals surface area contributed by atoms with Gasteiger partial charge in [-0.25, -0.2) is 4.98 Å². The summed E-state index contributed by atoms with van der Waals surface area (Å²) in [5, 5.41) is 0.667. The van der Waals surface area contributed by atoms with Crippen LogP contribution in [0.4, 0.5) is 5.13 Å². The Morgan fingerprint density at radius 3 is 2.35 bits per heavy atom. The molecule has 1 heterocycles. The number of benzene rings is 2. The van der Waals surface area contributed by atoms with Gasteiger partial charge in [-0.1, -0.05) is 55.5 Å². The number of amides is 1. The molecule has 0 bridgehead atoms. The second kappa shape index (κ2) is 10.9. The standard InChI is InChI=1S/C24H29N3O3S/c1-5-26(6-2)14-15-27(23(28)13-12-18-10-8-7-9-11-18)24-25-19-16-20(29-3)21(30-4)17-22(19)31-24/h7-13,16-17H,5-6,14-15H2,1-4H3/b13-12+. The highest BCUT2D eigenvalue weighted by atomic mass is 32.1. The van der Waals surface area contributed by atoms with Crippen molar-refractivity contribution in [2.24, 2.45) is 0 Å². The van der Waals surface area contributed by atoms with Gasteiger partial charge in [-0.2, -0.15) is 0 Å². The van der Waals surface area contributed by atoms with Crippen LogP contribution in [0, 0.1) is 0 Å². The van der Waals surface area contributed by atoms with Crippen molar-refractivity contribution in [2.45, 2.75) is 13.8 Å². The molecule has 31 heavy (non-hydrogen) atoms. The van der Waals surface area contributed by atoms with E-state index in [-0.39, 0.29) is 5.91 Å². The Balaban J connectivity index is 1.92. The van der Waals surface area contributed by atoms with Crippen LogP contribution in [0.5, 0.6) is 11.5 Å². The van der Waals surface area contributed by atoms with Gasteiger partial charge in [0.25, 0.3) is 5.91 Å². The first-order valence-corrected chi connectivity index (χ1v) is 11.2. The average Bonchev–Trinajstić information content (AvgIpc) is 3.22. The van der Waals surface area contributed by atoms with Gasteiger partial charge in [0.2, 0.25) is 0 Å². The average molecular weight is 440 g/mol. The summed E-state index contributed by atoms with van der Waals surface area (Å²) in [5.74, 6) is 1.18. The molecule has 0 saturated heterocycles. The minimum absolute atomic E-state index is 0.0889. The summed E-state index contributed by atoms with van der Waals surface area (Å²) in [6.45, 7) is 7.47. The largest absolute Gasteiger partial charge is 0.493 e. The number of thiazole rings is 1. The van der Waals surface area contributed by atoms with Crippen LogP contribution < -0.4 is 14.4 Å². The van der Waals surface area contributed by atoms with Gasteiger partial charge < -0.3 is 14.4 Å². The molecule has 0 fully saturated rings. The van der Waals surface area contributed by atoms with Crippen molar-refractivity contribution in [3.8, 4) is 11.5 Å². The van der Waals surface area contributed by atoms with Gasteiger partial charge in [-0.05, 0) is 24.7 Å². The Labute approximate surface area is 187 Å². The monoisotopic (exact) mass is 439 g/mol. The first-order valence-electron chi connectivity index (χ1n) is 10.4. The van der Waals surface area contributed by atoms with Crippen LogP contribution in [-0.4, -0.2) is 56.2 Å². The molecule has 1 aromatic heterocycles. The molecule has 0 N–H and O–H groups in total. The highest BCUT2D eigenvalue weighted by Crippen LogP contribution is 2.37. The number of fused-ring (bicyclic) bond motifs is 1. The van der Waals surface area contributed by atoms with Gasteiger partial charge in [0.05, 0.1) is 24.4 Å². The number of hydrogen-bond donors (Lipinski definition) is 0. The molecule has 0 aliphatic heterocycles. The van der Waals surface area contributed by atoms with Crippen molar-refractivity contribution < 1.29 is 14.3 Å². The van der Waals surface area contributed by atoms with Crippen LogP contribution in [0.2, 0.25) is 0 Å². The summed E-state index contributed by atoms with van der Waals surface area (Å²) in [6.07, 6.45) is 3.46. The van der Waals surface area contributed by atoms with Gasteiger partial charge in [0.1, 0.15) is 0 Å². The molecular weight excluding hydrogens is 410 g/mol. The van der Waals surface area contributed by atoms with E-state index in [1.807, 2.05) is 48.5 Å². The number of aromatic nitrogens is 1. The summed E-state index contributed by atoms with van der Waals surface area (Å²) in [6, 6.07) is 13.6. The van der Waals surface area contributed by atoms with E-state index in [1.54, 1.807) is 25.2 Å². The van der Waals surface area contributed by atoms with Gasteiger partial charge >= 0.3 is 0 Å². The van der Waals surface area contributed by atoms with Crippen LogP contribution >= 0.6 is 11.3 Å². The molecule has 0 unspecified atom stereocenters. The molecule has 3 aromatic rings. The Kier molecular flexibility index (Phi) is 8.03. The molecule has 7 heteroatoms. The van der Waals surface area contributed by atoms with E-state index in [0.29, 0.717) is 23.2 Å². The molecule has 0 aliphatic rings. The number of likely N-dealkylation sites (N-methyl/N-ethyl adjacent to an activating group) is 1. The molecule has 0 spiro atoms. The summed E-state index contributed by atoms with van der Waals surface area (Å²) in [5.41, 5.74) is 1.77. The van der Waals surface area contributed by atoms with Crippen molar-refractivity contribution in [1.82, 2.24) is 9.88 Å². The molecular formula is C24H29N3O3S. The van der Waals surface area contributed by atoms with Crippen molar-refractivity contribution >= 4 is 38.7 Å². The fourth-order valence-electron chi connectivity index (χ4n) is 3.26. The number of hydrogen-bond acceptors (Lipinski definition) is 6. The quantitative estimate of drug-likeness (QED) is 0.429. The maximum absolute atomic E-state index is 13.2. The Morgan fingerprint density at radius 1 is 1.03 bits per heavy atom. The third-order valence-electron chi connectivity index (χ3n) is 5.13. The number of methoxy groups -OCH3 is 2. The third-order valence-corrected chi connectivity index (χ3v) is 6.17. The lowest BCUT2D eigenvalue weighted by molar-refractivity contribution is -0.114. The number of rotatable bonds is 10. The highest BCUT2D eigenvalue weighted by molar-refractivity contribution is 7.22. The predicted molar refractivity (Wildman–Crippen MR) is 128 cm³/mol. The van der Waals surface area contributed by atoms with Crippen molar-refractivity contribution in [3.05, 3.63) is 54.1 Å². The first kappa shape index (κ1) is 22.8. The highest BCUT2D eigenvalue weighted by Gasteiger charge is 2.20. The van der Waals surface area contributed by atoms with Crippen LogP contribution in [0.25, 0.3) is 16.3 Å². The van der Waals surface area contributed by atoms with Crippen molar-refractivity contribution in [1.29, 1.82) is 0 Å². The van der Waals surface area contributed by atoms with Crippen molar-refractivity contribution in [2.75, 3.05) is 45.3 Å². The molecule has 0 saturated carbocycles. The zero-order chi connectivity index (χ0) is 22.2. The number of carbonyl (C=O) groups excluding carboxylic acids is 1. The second-order valence-corrected chi connectivity index (χ2v) is 7.94. The van der Waals surface area contributed by atoms with Gasteiger partial charge in [0, 0.05) is 31.3 Å². The Hall–Kier alpha value is -2.90. The zero-order valence-corrected chi connectivity index (χ0v) is 19.3. The van der Waals surface area contributed by atoms with Crippen LogP contribution in [-0.2, 0) is 4.79 Å². The SMILES string of the molecule is CCN(CC)CCN(C(=O)/C=C/c1ccccc1)c1nc2cc(OC)c(OC)cc2s1. The van der Waals surface area contributed by atoms with E-state index in [4.69, 9.17) is 14.5 Å². The first-order chi connectivity index (χ1) is 15.1. The number of nitrogens with zero attached hydrogens (tertiary/aromatic N) is 3. The third kappa shape index (κ3) is 5.62. The smallest absolute Gasteiger partial charge is 0.252 e. The predicted octanol–water partition coefficient (Wildman–Crippen LogP) is 4.70. The maximum Gasteiger partial charge on any atom is 0.252 e. The molecule has 1 amide bonds. The fourth-order valence-corrected chi connectivity index (χ4v) is 4.27. The van der Waals surface area contributed by atoms with E-state index in [2.05, 4.69) is 18.7 Å². The normalized spacial score (nSPS) is 11.4. The molecule has 2 aromatic carbocycles. The summed E-state index contributed by atoms with van der Waals surface area (Å²) >= 11 is 1.48. The van der Waals surface area contributed by atoms with Gasteiger partial charge in [-0.3, -0.25) is 9.69 Å². The molecule has 164 valence electrons. The lowest BCUT2D eigenvalue weighted by atomic mass is 10.2. The molecule has 0 atom stereocenters. The number of carbonyl (C=O) groups is 1. The van der Waals surface area contributed by atoms with E-state index >= 15 is 0 Å². The Morgan fingerprint density at radius 2 is 1.71 bits per heavy atom. The second-order valence-electron chi connectivity index (χ2n) is 6.93. The summed E-state index contributed by atoms with van der Waals surface area (Å²) in [7, 11) is 3.21. The minimum Gasteiger partial charge on any atom is -0.493 e. The molecule has 0 radical (unpaired) electrons. The van der Waals surface area contributed by atoms with Crippen LogP contribution in [0.1, 0.15) is 19.4 Å². The summed E-state index contributed by atoms with van der Waals surface area (Å²) in [4.78, 5) is 21.9. The van der Waals surface area contributed by atoms with Gasteiger partial charge in [0.15, 0.2) is 16.6 Å². The maximum atomic E-state index is 13.2. The minimum atomic E-state index is -0.0889. The zero-order valence-electron chi connectivity index (χ0n) is 18.5. The number of ether oxygens (including phenoxy) is 2. The Bertz CT molecular complexity index is 988. The van der Waals surface area contributed by atoms with E-state index < -0.39 is 0 Å². The molecule has 6 nitrogen and oxygen atoms in total. The topological polar surface area (TPSA) is 54.9 Å². The van der Waals surface area contributed by atoms with Crippen LogP contribution in [0.3, 0.4) is 0 Å². The fraction of sp³-hybridized carbons (Fsp3) is 0.333. The van der Waals surface area contributed by atoms with Crippen LogP contribution in [0.15, 0.2) is 48.5 Å². The summed E-state index contributed by atoms with van der Waals surface area (Å²) < 4.78 is 11.8. The molecule has 0 aliphatic carbocycles. The lowest BCUT2D eigenvalue weighted by Crippen LogP contribution is -2.38. The lowest BCUT2D eigenvalue weighted by Gasteiger charge is -2.23. The molecule has 3 rings (SSSR count). The van der Waals surface area contributed by atoms with Gasteiger partial charge in [-0.15, -0.1) is 0 Å². The van der Waals surface area contributed by atoms with E-state index in [1.165, 1.54) is 11.3 Å². The van der Waals surface area contributed by atoms with Crippen molar-refractivity contribution in [3.63, 3.8) is 0 Å². The number of anilines is 1.